The highest BCUT2D eigenvalue weighted by Crippen LogP contribution is 2.18. The lowest BCUT2D eigenvalue weighted by atomic mass is 10.1. The number of carbonyl (C=O) groups is 1. The fraction of sp³-hybridized carbons (Fsp3) is 0.200. The van der Waals surface area contributed by atoms with Gasteiger partial charge in [0.15, 0.2) is 5.69 Å². The third-order valence-corrected chi connectivity index (χ3v) is 3.41. The Labute approximate surface area is 121 Å². The normalized spacial score (nSPS) is 10.9. The van der Waals surface area contributed by atoms with Crippen molar-refractivity contribution in [2.24, 2.45) is 0 Å². The Bertz CT molecular complexity index is 805. The molecule has 6 heteroatoms. The van der Waals surface area contributed by atoms with E-state index in [1.807, 2.05) is 37.3 Å². The van der Waals surface area contributed by atoms with Crippen LogP contribution in [0.4, 0.5) is 0 Å². The van der Waals surface area contributed by atoms with E-state index in [1.165, 1.54) is 0 Å². The van der Waals surface area contributed by atoms with Gasteiger partial charge in [-0.2, -0.15) is 0 Å². The molecule has 0 aliphatic carbocycles. The first-order valence-electron chi connectivity index (χ1n) is 6.69. The summed E-state index contributed by atoms with van der Waals surface area (Å²) in [6, 6.07) is 9.81. The molecule has 0 saturated carbocycles. The molecule has 0 saturated heterocycles. The van der Waals surface area contributed by atoms with Crippen LogP contribution in [0.15, 0.2) is 36.5 Å². The number of pyridine rings is 1. The Morgan fingerprint density at radius 2 is 2.10 bits per heavy atom. The van der Waals surface area contributed by atoms with Gasteiger partial charge in [-0.25, -0.2) is 9.48 Å². The van der Waals surface area contributed by atoms with Crippen LogP contribution < -0.4 is 0 Å². The van der Waals surface area contributed by atoms with Crippen LogP contribution in [-0.2, 0) is 13.0 Å². The molecule has 0 unspecified atom stereocenters. The average molecular weight is 282 g/mol. The molecule has 3 aromatic rings. The second kappa shape index (κ2) is 5.32. The number of hydrogen-bond donors (Lipinski definition) is 1. The topological polar surface area (TPSA) is 80.9 Å². The van der Waals surface area contributed by atoms with E-state index >= 15 is 0 Å². The lowest BCUT2D eigenvalue weighted by Gasteiger charge is -2.08. The molecule has 106 valence electrons. The molecule has 0 bridgehead atoms. The number of aromatic carboxylic acids is 1. The van der Waals surface area contributed by atoms with Crippen molar-refractivity contribution in [3.63, 3.8) is 0 Å². The van der Waals surface area contributed by atoms with Crippen molar-refractivity contribution in [1.29, 1.82) is 0 Å². The molecule has 0 aliphatic rings. The lowest BCUT2D eigenvalue weighted by molar-refractivity contribution is 0.0689. The van der Waals surface area contributed by atoms with Crippen LogP contribution in [0.3, 0.4) is 0 Å². The minimum atomic E-state index is -1.05. The maximum absolute atomic E-state index is 11.1. The molecule has 6 nitrogen and oxygen atoms in total. The summed E-state index contributed by atoms with van der Waals surface area (Å²) in [5.74, 6) is -1.05. The Kier molecular flexibility index (Phi) is 3.35. The van der Waals surface area contributed by atoms with Crippen molar-refractivity contribution in [1.82, 2.24) is 20.0 Å². The minimum absolute atomic E-state index is 0.0192. The van der Waals surface area contributed by atoms with Crippen molar-refractivity contribution in [3.05, 3.63) is 53.5 Å². The summed E-state index contributed by atoms with van der Waals surface area (Å²) in [5.41, 5.74) is 2.53. The van der Waals surface area contributed by atoms with Crippen LogP contribution in [0.1, 0.15) is 28.7 Å². The van der Waals surface area contributed by atoms with E-state index in [0.717, 1.165) is 16.5 Å². The molecule has 0 fully saturated rings. The van der Waals surface area contributed by atoms with Crippen LogP contribution in [0.5, 0.6) is 0 Å². The number of carboxylic acid groups (broad SMARTS) is 1. The standard InChI is InChI=1S/C15H14N4O2/c1-2-12-14(15(20)21)17-18-19(12)9-11-6-3-5-10-7-4-8-16-13(10)11/h3-8H,2,9H2,1H3,(H,20,21). The molecule has 3 rings (SSSR count). The molecule has 1 aromatic carbocycles. The molecule has 0 atom stereocenters. The first-order chi connectivity index (χ1) is 10.2. The van der Waals surface area contributed by atoms with Gasteiger partial charge in [-0.15, -0.1) is 5.10 Å². The molecule has 2 aromatic heterocycles. The van der Waals surface area contributed by atoms with Crippen LogP contribution in [-0.4, -0.2) is 31.1 Å². The van der Waals surface area contributed by atoms with Gasteiger partial charge in [0.05, 0.1) is 17.8 Å². The zero-order valence-electron chi connectivity index (χ0n) is 11.5. The number of benzene rings is 1. The second-order valence-corrected chi connectivity index (χ2v) is 4.69. The van der Waals surface area contributed by atoms with Crippen molar-refractivity contribution >= 4 is 16.9 Å². The van der Waals surface area contributed by atoms with Gasteiger partial charge in [-0.3, -0.25) is 4.98 Å². The highest BCUT2D eigenvalue weighted by Gasteiger charge is 2.17. The van der Waals surface area contributed by atoms with Crippen molar-refractivity contribution < 1.29 is 9.90 Å². The lowest BCUT2D eigenvalue weighted by Crippen LogP contribution is -2.09. The molecule has 0 radical (unpaired) electrons. The van der Waals surface area contributed by atoms with Crippen LogP contribution in [0.25, 0.3) is 10.9 Å². The van der Waals surface area contributed by atoms with Crippen molar-refractivity contribution in [2.75, 3.05) is 0 Å². The average Bonchev–Trinajstić information content (AvgIpc) is 2.90. The summed E-state index contributed by atoms with van der Waals surface area (Å²) >= 11 is 0. The molecule has 21 heavy (non-hydrogen) atoms. The molecule has 2 heterocycles. The van der Waals surface area contributed by atoms with E-state index < -0.39 is 5.97 Å². The SMILES string of the molecule is CCc1c(C(=O)O)nnn1Cc1cccc2cccnc12. The molecule has 0 spiro atoms. The van der Waals surface area contributed by atoms with Gasteiger partial charge in [-0.1, -0.05) is 36.4 Å². The maximum Gasteiger partial charge on any atom is 0.358 e. The third kappa shape index (κ3) is 2.35. The highest BCUT2D eigenvalue weighted by atomic mass is 16.4. The molecular weight excluding hydrogens is 268 g/mol. The van der Waals surface area contributed by atoms with E-state index in [0.29, 0.717) is 18.7 Å². The number of aromatic nitrogens is 4. The van der Waals surface area contributed by atoms with Crippen LogP contribution in [0.2, 0.25) is 0 Å². The fourth-order valence-corrected chi connectivity index (χ4v) is 2.43. The smallest absolute Gasteiger partial charge is 0.358 e. The largest absolute Gasteiger partial charge is 0.476 e. The molecule has 0 amide bonds. The van der Waals surface area contributed by atoms with E-state index in [4.69, 9.17) is 5.11 Å². The summed E-state index contributed by atoms with van der Waals surface area (Å²) in [5, 5.41) is 17.9. The van der Waals surface area contributed by atoms with E-state index in [2.05, 4.69) is 15.3 Å². The zero-order valence-corrected chi connectivity index (χ0v) is 11.5. The van der Waals surface area contributed by atoms with Gasteiger partial charge >= 0.3 is 5.97 Å². The number of carboxylic acids is 1. The predicted octanol–water partition coefficient (Wildman–Crippen LogP) is 2.14. The fourth-order valence-electron chi connectivity index (χ4n) is 2.43. The highest BCUT2D eigenvalue weighted by molar-refractivity contribution is 5.86. The van der Waals surface area contributed by atoms with E-state index in [-0.39, 0.29) is 5.69 Å². The summed E-state index contributed by atoms with van der Waals surface area (Å²) in [6.07, 6.45) is 2.31. The van der Waals surface area contributed by atoms with Crippen LogP contribution in [0, 0.1) is 0 Å². The summed E-state index contributed by atoms with van der Waals surface area (Å²) in [4.78, 5) is 15.5. The maximum atomic E-state index is 11.1. The number of hydrogen-bond acceptors (Lipinski definition) is 4. The Morgan fingerprint density at radius 3 is 2.86 bits per heavy atom. The van der Waals surface area contributed by atoms with Crippen LogP contribution >= 0.6 is 0 Å². The quantitative estimate of drug-likeness (QED) is 0.792. The Hall–Kier alpha value is -2.76. The summed E-state index contributed by atoms with van der Waals surface area (Å²) < 4.78 is 1.63. The summed E-state index contributed by atoms with van der Waals surface area (Å²) in [7, 11) is 0. The van der Waals surface area contributed by atoms with Gasteiger partial charge in [0.1, 0.15) is 0 Å². The second-order valence-electron chi connectivity index (χ2n) is 4.69. The minimum Gasteiger partial charge on any atom is -0.476 e. The molecular formula is C15H14N4O2. The summed E-state index contributed by atoms with van der Waals surface area (Å²) in [6.45, 7) is 2.35. The van der Waals surface area contributed by atoms with E-state index in [1.54, 1.807) is 10.9 Å². The van der Waals surface area contributed by atoms with Gasteiger partial charge in [-0.05, 0) is 18.1 Å². The first kappa shape index (κ1) is 13.2. The molecule has 0 aliphatic heterocycles. The number of nitrogens with zero attached hydrogens (tertiary/aromatic N) is 4. The van der Waals surface area contributed by atoms with Gasteiger partial charge in [0.2, 0.25) is 0 Å². The van der Waals surface area contributed by atoms with Crippen molar-refractivity contribution in [2.45, 2.75) is 19.9 Å². The van der Waals surface area contributed by atoms with Gasteiger partial charge in [0.25, 0.3) is 0 Å². The monoisotopic (exact) mass is 282 g/mol. The third-order valence-electron chi connectivity index (χ3n) is 3.41. The van der Waals surface area contributed by atoms with E-state index in [9.17, 15) is 4.79 Å². The Balaban J connectivity index is 2.05. The molecule has 1 N–H and O–H groups in total. The predicted molar refractivity (Wildman–Crippen MR) is 77.2 cm³/mol. The van der Waals surface area contributed by atoms with Gasteiger partial charge in [0, 0.05) is 11.6 Å². The first-order valence-corrected chi connectivity index (χ1v) is 6.69. The van der Waals surface area contributed by atoms with Crippen molar-refractivity contribution in [3.8, 4) is 0 Å². The number of para-hydroxylation sites is 1. The number of fused-ring (bicyclic) bond motifs is 1. The van der Waals surface area contributed by atoms with Gasteiger partial charge < -0.3 is 5.11 Å². The number of rotatable bonds is 4. The Morgan fingerprint density at radius 1 is 1.29 bits per heavy atom. The zero-order chi connectivity index (χ0) is 14.8.